The Morgan fingerprint density at radius 1 is 1.38 bits per heavy atom. The number of nitrogens with zero attached hydrogens (tertiary/aromatic N) is 2. The molecule has 2 heterocycles. The van der Waals surface area contributed by atoms with Crippen LogP contribution in [0.2, 0.25) is 5.15 Å². The van der Waals surface area contributed by atoms with E-state index in [-0.39, 0.29) is 27.6 Å². The largest absolute Gasteiger partial charge is 0.494 e. The fourth-order valence-corrected chi connectivity index (χ4v) is 2.32. The van der Waals surface area contributed by atoms with Gasteiger partial charge in [-0.05, 0) is 13.0 Å². The zero-order chi connectivity index (χ0) is 15.6. The lowest BCUT2D eigenvalue weighted by Crippen LogP contribution is -2.09. The number of pyridine rings is 2. The van der Waals surface area contributed by atoms with E-state index in [4.69, 9.17) is 21.1 Å². The number of hydrogen-bond acceptors (Lipinski definition) is 5. The van der Waals surface area contributed by atoms with E-state index in [2.05, 4.69) is 9.97 Å². The molecule has 2 rings (SSSR count). The number of aromatic nitrogens is 2. The average molecular weight is 311 g/mol. The Kier molecular flexibility index (Phi) is 4.37. The third-order valence-corrected chi connectivity index (χ3v) is 3.19. The fraction of sp³-hybridized carbons (Fsp3) is 0.214. The highest BCUT2D eigenvalue weighted by Gasteiger charge is 2.26. The Morgan fingerprint density at radius 2 is 2.10 bits per heavy atom. The molecule has 110 valence electrons. The normalized spacial score (nSPS) is 10.3. The van der Waals surface area contributed by atoms with Crippen LogP contribution in [0.1, 0.15) is 16.1 Å². The van der Waals surface area contributed by atoms with Gasteiger partial charge in [-0.1, -0.05) is 11.6 Å². The van der Waals surface area contributed by atoms with E-state index in [0.717, 1.165) is 6.20 Å². The highest BCUT2D eigenvalue weighted by atomic mass is 35.5. The molecule has 0 aromatic carbocycles. The van der Waals surface area contributed by atoms with E-state index in [1.54, 1.807) is 6.92 Å². The molecular weight excluding hydrogens is 299 g/mol. The summed E-state index contributed by atoms with van der Waals surface area (Å²) in [5.41, 5.74) is 0.712. The van der Waals surface area contributed by atoms with E-state index in [0.29, 0.717) is 5.69 Å². The number of carbonyl (C=O) groups is 1. The minimum Gasteiger partial charge on any atom is -0.494 e. The van der Waals surface area contributed by atoms with Gasteiger partial charge in [0.25, 0.3) is 0 Å². The van der Waals surface area contributed by atoms with E-state index in [1.165, 1.54) is 26.5 Å². The summed E-state index contributed by atoms with van der Waals surface area (Å²) in [5, 5.41) is -0.0774. The van der Waals surface area contributed by atoms with Gasteiger partial charge in [0.1, 0.15) is 22.3 Å². The minimum atomic E-state index is -0.725. The van der Waals surface area contributed by atoms with Gasteiger partial charge in [-0.3, -0.25) is 4.98 Å². The lowest BCUT2D eigenvalue weighted by molar-refractivity contribution is 0.0601. The SMILES string of the molecule is COC(=O)c1c(Cl)nc(C)c(OC)c1-c1ccncc1F. The first kappa shape index (κ1) is 15.2. The summed E-state index contributed by atoms with van der Waals surface area (Å²) < 4.78 is 24.0. The second-order valence-electron chi connectivity index (χ2n) is 4.12. The maximum Gasteiger partial charge on any atom is 0.341 e. The number of halogens is 2. The molecule has 0 aliphatic rings. The summed E-state index contributed by atoms with van der Waals surface area (Å²) in [5.74, 6) is -1.08. The van der Waals surface area contributed by atoms with Gasteiger partial charge in [-0.25, -0.2) is 14.2 Å². The third kappa shape index (κ3) is 2.67. The maximum atomic E-state index is 14.1. The first-order valence-corrected chi connectivity index (χ1v) is 6.31. The molecule has 0 bridgehead atoms. The Balaban J connectivity index is 2.90. The van der Waals surface area contributed by atoms with E-state index >= 15 is 0 Å². The van der Waals surface area contributed by atoms with Crippen molar-refractivity contribution in [3.05, 3.63) is 40.7 Å². The molecule has 0 aliphatic carbocycles. The Hall–Kier alpha value is -2.21. The molecule has 0 amide bonds. The lowest BCUT2D eigenvalue weighted by Gasteiger charge is -2.16. The van der Waals surface area contributed by atoms with Gasteiger partial charge in [0.05, 0.1) is 26.1 Å². The second-order valence-corrected chi connectivity index (χ2v) is 4.48. The van der Waals surface area contributed by atoms with Crippen LogP contribution in [0, 0.1) is 12.7 Å². The number of carbonyl (C=O) groups excluding carboxylic acids is 1. The molecule has 7 heteroatoms. The Morgan fingerprint density at radius 3 is 2.67 bits per heavy atom. The molecule has 2 aromatic rings. The predicted octanol–water partition coefficient (Wildman–Crippen LogP) is 3.04. The first-order chi connectivity index (χ1) is 10.0. The third-order valence-electron chi connectivity index (χ3n) is 2.91. The van der Waals surface area contributed by atoms with Crippen molar-refractivity contribution >= 4 is 17.6 Å². The van der Waals surface area contributed by atoms with Crippen molar-refractivity contribution < 1.29 is 18.7 Å². The van der Waals surface area contributed by atoms with Gasteiger partial charge < -0.3 is 9.47 Å². The van der Waals surface area contributed by atoms with Crippen molar-refractivity contribution in [1.29, 1.82) is 0 Å². The molecule has 0 aliphatic heterocycles. The van der Waals surface area contributed by atoms with Gasteiger partial charge in [0, 0.05) is 17.3 Å². The molecule has 0 N–H and O–H groups in total. The van der Waals surface area contributed by atoms with Gasteiger partial charge >= 0.3 is 5.97 Å². The van der Waals surface area contributed by atoms with Crippen LogP contribution in [0.5, 0.6) is 5.75 Å². The van der Waals surface area contributed by atoms with Crippen molar-refractivity contribution in [1.82, 2.24) is 9.97 Å². The van der Waals surface area contributed by atoms with Gasteiger partial charge in [-0.2, -0.15) is 0 Å². The standard InChI is InChI=1S/C14H12ClFN2O3/c1-7-12(20-2)10(8-4-5-17-6-9(8)16)11(13(15)18-7)14(19)21-3/h4-6H,1-3H3. The van der Waals surface area contributed by atoms with E-state index < -0.39 is 11.8 Å². The molecule has 0 atom stereocenters. The second kappa shape index (κ2) is 6.05. The molecular formula is C14H12ClFN2O3. The Labute approximate surface area is 125 Å². The Bertz CT molecular complexity index is 707. The molecule has 2 aromatic heterocycles. The van der Waals surface area contributed by atoms with E-state index in [9.17, 15) is 9.18 Å². The molecule has 21 heavy (non-hydrogen) atoms. The number of methoxy groups -OCH3 is 2. The molecule has 0 spiro atoms. The van der Waals surface area contributed by atoms with Crippen LogP contribution in [0.3, 0.4) is 0 Å². The topological polar surface area (TPSA) is 61.3 Å². The molecule has 5 nitrogen and oxygen atoms in total. The summed E-state index contributed by atoms with van der Waals surface area (Å²) in [7, 11) is 2.61. The average Bonchev–Trinajstić information content (AvgIpc) is 2.46. The summed E-state index contributed by atoms with van der Waals surface area (Å²) in [6.45, 7) is 1.65. The molecule has 0 unspecified atom stereocenters. The number of esters is 1. The van der Waals surface area contributed by atoms with Crippen molar-refractivity contribution in [2.24, 2.45) is 0 Å². The molecule has 0 radical (unpaired) electrons. The van der Waals surface area contributed by atoms with Crippen LogP contribution in [0.4, 0.5) is 4.39 Å². The summed E-state index contributed by atoms with van der Waals surface area (Å²) in [6.07, 6.45) is 2.45. The van der Waals surface area contributed by atoms with Gasteiger partial charge in [0.2, 0.25) is 0 Å². The monoisotopic (exact) mass is 310 g/mol. The van der Waals surface area contributed by atoms with Gasteiger partial charge in [-0.15, -0.1) is 0 Å². The summed E-state index contributed by atoms with van der Waals surface area (Å²) >= 11 is 6.03. The molecule has 0 fully saturated rings. The molecule has 0 saturated carbocycles. The maximum absolute atomic E-state index is 14.1. The predicted molar refractivity (Wildman–Crippen MR) is 75.1 cm³/mol. The highest BCUT2D eigenvalue weighted by molar-refractivity contribution is 6.33. The fourth-order valence-electron chi connectivity index (χ4n) is 2.02. The minimum absolute atomic E-state index is 0.0493. The van der Waals surface area contributed by atoms with Crippen LogP contribution in [0.15, 0.2) is 18.5 Å². The van der Waals surface area contributed by atoms with Crippen LogP contribution < -0.4 is 4.74 Å². The number of aryl methyl sites for hydroxylation is 1. The van der Waals surface area contributed by atoms with Crippen molar-refractivity contribution in [3.63, 3.8) is 0 Å². The quantitative estimate of drug-likeness (QED) is 0.644. The zero-order valence-corrected chi connectivity index (χ0v) is 12.4. The van der Waals surface area contributed by atoms with Crippen LogP contribution in [0.25, 0.3) is 11.1 Å². The summed E-state index contributed by atoms with van der Waals surface area (Å²) in [4.78, 5) is 19.7. The van der Waals surface area contributed by atoms with Crippen LogP contribution >= 0.6 is 11.6 Å². The van der Waals surface area contributed by atoms with Crippen molar-refractivity contribution in [3.8, 4) is 16.9 Å². The molecule has 0 saturated heterocycles. The number of ether oxygens (including phenoxy) is 2. The van der Waals surface area contributed by atoms with Crippen LogP contribution in [-0.2, 0) is 4.74 Å². The van der Waals surface area contributed by atoms with Crippen molar-refractivity contribution in [2.45, 2.75) is 6.92 Å². The van der Waals surface area contributed by atoms with Gasteiger partial charge in [0.15, 0.2) is 0 Å². The highest BCUT2D eigenvalue weighted by Crippen LogP contribution is 2.39. The smallest absolute Gasteiger partial charge is 0.341 e. The first-order valence-electron chi connectivity index (χ1n) is 5.93. The summed E-state index contributed by atoms with van der Waals surface area (Å²) in [6, 6.07) is 1.43. The van der Waals surface area contributed by atoms with Crippen LogP contribution in [-0.4, -0.2) is 30.2 Å². The van der Waals surface area contributed by atoms with E-state index in [1.807, 2.05) is 0 Å². The lowest BCUT2D eigenvalue weighted by atomic mass is 9.99. The van der Waals surface area contributed by atoms with Crippen molar-refractivity contribution in [2.75, 3.05) is 14.2 Å². The number of rotatable bonds is 3. The zero-order valence-electron chi connectivity index (χ0n) is 11.6. The number of hydrogen-bond donors (Lipinski definition) is 0.